The van der Waals surface area contributed by atoms with Gasteiger partial charge in [0.25, 0.3) is 5.91 Å². The molecule has 146 valence electrons. The summed E-state index contributed by atoms with van der Waals surface area (Å²) < 4.78 is 0. The number of amides is 1. The van der Waals surface area contributed by atoms with E-state index < -0.39 is 0 Å². The lowest BCUT2D eigenvalue weighted by Gasteiger charge is -2.39. The maximum Gasteiger partial charge on any atom is 0.263 e. The van der Waals surface area contributed by atoms with E-state index in [1.54, 1.807) is 7.05 Å². The second-order valence-electron chi connectivity index (χ2n) is 7.63. The van der Waals surface area contributed by atoms with E-state index in [1.807, 2.05) is 24.4 Å². The average Bonchev–Trinajstić information content (AvgIpc) is 3.06. The summed E-state index contributed by atoms with van der Waals surface area (Å²) >= 11 is 1.37. The van der Waals surface area contributed by atoms with Crippen molar-refractivity contribution in [1.82, 2.24) is 20.2 Å². The van der Waals surface area contributed by atoms with Crippen LogP contribution in [0.4, 0.5) is 5.69 Å². The van der Waals surface area contributed by atoms with Crippen molar-refractivity contribution in [1.29, 1.82) is 0 Å². The van der Waals surface area contributed by atoms with Crippen LogP contribution in [0, 0.1) is 0 Å². The van der Waals surface area contributed by atoms with Crippen molar-refractivity contribution in [2.24, 2.45) is 0 Å². The number of nitrogens with zero attached hydrogens (tertiary/aromatic N) is 3. The van der Waals surface area contributed by atoms with Gasteiger partial charge in [0.15, 0.2) is 0 Å². The molecule has 0 unspecified atom stereocenters. The SMILES string of the molecule is CNC(=O)c1sc2nc(C3(C)CCN(Cc4ccccn4)CC3)ccc2c1N. The normalized spacial score (nSPS) is 16.9. The molecule has 1 saturated heterocycles. The number of aromatic nitrogens is 2. The number of anilines is 1. The predicted molar refractivity (Wildman–Crippen MR) is 114 cm³/mol. The summed E-state index contributed by atoms with van der Waals surface area (Å²) in [4.78, 5) is 25.2. The number of piperidine rings is 1. The van der Waals surface area contributed by atoms with Crippen LogP contribution in [0.15, 0.2) is 36.5 Å². The molecule has 7 heteroatoms. The Morgan fingerprint density at radius 1 is 1.29 bits per heavy atom. The second-order valence-corrected chi connectivity index (χ2v) is 8.63. The first-order chi connectivity index (χ1) is 13.5. The number of rotatable bonds is 4. The van der Waals surface area contributed by atoms with Gasteiger partial charge in [0, 0.05) is 36.3 Å². The fraction of sp³-hybridized carbons (Fsp3) is 0.381. The quantitative estimate of drug-likeness (QED) is 0.709. The van der Waals surface area contributed by atoms with Gasteiger partial charge in [-0.05, 0) is 50.2 Å². The molecule has 0 atom stereocenters. The molecule has 0 radical (unpaired) electrons. The van der Waals surface area contributed by atoms with Gasteiger partial charge in [0.2, 0.25) is 0 Å². The molecule has 6 nitrogen and oxygen atoms in total. The van der Waals surface area contributed by atoms with Crippen molar-refractivity contribution < 1.29 is 4.79 Å². The lowest BCUT2D eigenvalue weighted by atomic mass is 9.77. The molecule has 4 rings (SSSR count). The molecule has 1 fully saturated rings. The molecule has 3 aromatic heterocycles. The van der Waals surface area contributed by atoms with Crippen LogP contribution in [-0.2, 0) is 12.0 Å². The summed E-state index contributed by atoms with van der Waals surface area (Å²) in [6, 6.07) is 10.2. The molecule has 0 bridgehead atoms. The molecule has 28 heavy (non-hydrogen) atoms. The smallest absolute Gasteiger partial charge is 0.263 e. The van der Waals surface area contributed by atoms with E-state index in [-0.39, 0.29) is 11.3 Å². The van der Waals surface area contributed by atoms with Crippen molar-refractivity contribution in [2.45, 2.75) is 31.7 Å². The Bertz CT molecular complexity index is 993. The Hall–Kier alpha value is -2.51. The molecular weight excluding hydrogens is 370 g/mol. The van der Waals surface area contributed by atoms with Gasteiger partial charge in [0.1, 0.15) is 9.71 Å². The zero-order valence-corrected chi connectivity index (χ0v) is 17.1. The largest absolute Gasteiger partial charge is 0.397 e. The molecule has 1 aliphatic heterocycles. The maximum atomic E-state index is 12.0. The van der Waals surface area contributed by atoms with Crippen molar-refractivity contribution in [3.63, 3.8) is 0 Å². The highest BCUT2D eigenvalue weighted by Gasteiger charge is 2.33. The van der Waals surface area contributed by atoms with E-state index in [2.05, 4.69) is 34.3 Å². The first-order valence-electron chi connectivity index (χ1n) is 9.54. The molecule has 3 N–H and O–H groups in total. The van der Waals surface area contributed by atoms with Crippen molar-refractivity contribution in [2.75, 3.05) is 25.9 Å². The average molecular weight is 396 g/mol. The minimum Gasteiger partial charge on any atom is -0.397 e. The molecule has 4 heterocycles. The van der Waals surface area contributed by atoms with Gasteiger partial charge in [-0.2, -0.15) is 0 Å². The Labute approximate surface area is 168 Å². The first kappa shape index (κ1) is 18.8. The second kappa shape index (κ2) is 7.48. The third kappa shape index (κ3) is 3.47. The molecule has 0 saturated carbocycles. The van der Waals surface area contributed by atoms with E-state index in [1.165, 1.54) is 11.3 Å². The Kier molecular flexibility index (Phi) is 5.03. The number of hydrogen-bond acceptors (Lipinski definition) is 6. The number of hydrogen-bond donors (Lipinski definition) is 2. The molecule has 1 aliphatic rings. The van der Waals surface area contributed by atoms with Crippen LogP contribution in [0.25, 0.3) is 10.2 Å². The van der Waals surface area contributed by atoms with Gasteiger partial charge < -0.3 is 11.1 Å². The fourth-order valence-electron chi connectivity index (χ4n) is 3.80. The van der Waals surface area contributed by atoms with E-state index in [4.69, 9.17) is 10.7 Å². The summed E-state index contributed by atoms with van der Waals surface area (Å²) in [7, 11) is 1.62. The summed E-state index contributed by atoms with van der Waals surface area (Å²) in [5.74, 6) is -0.156. The number of nitrogens with two attached hydrogens (primary N) is 1. The lowest BCUT2D eigenvalue weighted by Crippen LogP contribution is -2.41. The van der Waals surface area contributed by atoms with Gasteiger partial charge in [-0.3, -0.25) is 14.7 Å². The topological polar surface area (TPSA) is 84.1 Å². The molecule has 3 aromatic rings. The highest BCUT2D eigenvalue weighted by Crippen LogP contribution is 2.38. The zero-order chi connectivity index (χ0) is 19.7. The van der Waals surface area contributed by atoms with Crippen molar-refractivity contribution in [3.8, 4) is 0 Å². The molecular formula is C21H25N5OS. The first-order valence-corrected chi connectivity index (χ1v) is 10.4. The van der Waals surface area contributed by atoms with Crippen LogP contribution in [-0.4, -0.2) is 40.9 Å². The number of thiophene rings is 1. The van der Waals surface area contributed by atoms with Gasteiger partial charge in [-0.15, -0.1) is 11.3 Å². The maximum absolute atomic E-state index is 12.0. The number of fused-ring (bicyclic) bond motifs is 1. The van der Waals surface area contributed by atoms with E-state index in [9.17, 15) is 4.79 Å². The number of carbonyl (C=O) groups excluding carboxylic acids is 1. The summed E-state index contributed by atoms with van der Waals surface area (Å²) in [6.07, 6.45) is 3.94. The van der Waals surface area contributed by atoms with Crippen LogP contribution in [0.1, 0.15) is 40.8 Å². The number of likely N-dealkylation sites (tertiary alicyclic amines) is 1. The minimum absolute atomic E-state index is 0.0285. The minimum atomic E-state index is -0.156. The fourth-order valence-corrected chi connectivity index (χ4v) is 4.84. The Morgan fingerprint density at radius 3 is 2.75 bits per heavy atom. The number of nitrogen functional groups attached to an aromatic ring is 1. The molecule has 0 aliphatic carbocycles. The summed E-state index contributed by atoms with van der Waals surface area (Å²) in [6.45, 7) is 5.21. The van der Waals surface area contributed by atoms with Crippen LogP contribution in [0.3, 0.4) is 0 Å². The third-order valence-corrected chi connectivity index (χ3v) is 6.83. The standard InChI is InChI=1S/C21H25N5OS/c1-21(8-11-26(12-9-21)13-14-5-3-4-10-24-14)16-7-6-15-17(22)18(19(27)23-2)28-20(15)25-16/h3-7,10H,8-9,11-13,22H2,1-2H3,(H,23,27). The van der Waals surface area contributed by atoms with E-state index in [0.29, 0.717) is 10.6 Å². The molecule has 0 spiro atoms. The van der Waals surface area contributed by atoms with Crippen molar-refractivity contribution in [3.05, 3.63) is 52.8 Å². The Balaban J connectivity index is 1.52. The van der Waals surface area contributed by atoms with Gasteiger partial charge in [-0.1, -0.05) is 13.0 Å². The van der Waals surface area contributed by atoms with E-state index >= 15 is 0 Å². The molecule has 1 amide bonds. The Morgan fingerprint density at radius 2 is 2.07 bits per heavy atom. The summed E-state index contributed by atoms with van der Waals surface area (Å²) in [5, 5.41) is 3.51. The van der Waals surface area contributed by atoms with Gasteiger partial charge in [-0.25, -0.2) is 4.98 Å². The van der Waals surface area contributed by atoms with Crippen LogP contribution >= 0.6 is 11.3 Å². The van der Waals surface area contributed by atoms with Gasteiger partial charge >= 0.3 is 0 Å². The monoisotopic (exact) mass is 395 g/mol. The van der Waals surface area contributed by atoms with E-state index in [0.717, 1.165) is 54.1 Å². The van der Waals surface area contributed by atoms with Crippen molar-refractivity contribution >= 4 is 33.1 Å². The lowest BCUT2D eigenvalue weighted by molar-refractivity contribution is 0.0968. The number of nitrogens with one attached hydrogen (secondary N) is 1. The van der Waals surface area contributed by atoms with Crippen LogP contribution in [0.2, 0.25) is 0 Å². The van der Waals surface area contributed by atoms with Crippen LogP contribution < -0.4 is 11.1 Å². The number of carbonyl (C=O) groups is 1. The molecule has 0 aromatic carbocycles. The zero-order valence-electron chi connectivity index (χ0n) is 16.2. The third-order valence-electron chi connectivity index (χ3n) is 5.72. The summed E-state index contributed by atoms with van der Waals surface area (Å²) in [5.41, 5.74) is 8.91. The highest BCUT2D eigenvalue weighted by molar-refractivity contribution is 7.21. The number of pyridine rings is 2. The van der Waals surface area contributed by atoms with Gasteiger partial charge in [0.05, 0.1) is 11.4 Å². The predicted octanol–water partition coefficient (Wildman–Crippen LogP) is 3.19. The highest BCUT2D eigenvalue weighted by atomic mass is 32.1. The van der Waals surface area contributed by atoms with Crippen LogP contribution in [0.5, 0.6) is 0 Å².